The molecule has 1 atom stereocenters. The Labute approximate surface area is 141 Å². The van der Waals surface area contributed by atoms with Crippen molar-refractivity contribution in [3.63, 3.8) is 0 Å². The molecule has 1 heterocycles. The van der Waals surface area contributed by atoms with Gasteiger partial charge in [0.2, 0.25) is 5.91 Å². The lowest BCUT2D eigenvalue weighted by molar-refractivity contribution is -0.385. The van der Waals surface area contributed by atoms with Crippen molar-refractivity contribution in [3.8, 4) is 5.75 Å². The van der Waals surface area contributed by atoms with Crippen LogP contribution in [0.3, 0.4) is 0 Å². The Morgan fingerprint density at radius 2 is 2.22 bits per heavy atom. The molecule has 1 amide bonds. The number of carbonyl (C=O) groups excluding carboxylic acids is 1. The van der Waals surface area contributed by atoms with E-state index >= 15 is 0 Å². The van der Waals surface area contributed by atoms with Crippen LogP contribution in [0.25, 0.3) is 0 Å². The molecule has 0 aromatic heterocycles. The first-order valence-electron chi connectivity index (χ1n) is 7.40. The molecule has 2 rings (SSSR count). The monoisotopic (exact) mass is 343 g/mol. The number of nitro groups is 1. The number of nitrogens with one attached hydrogen (secondary N) is 1. The number of ether oxygens (including phenoxy) is 1. The number of hydrogen-bond acceptors (Lipinski definition) is 5. The van der Waals surface area contributed by atoms with E-state index in [9.17, 15) is 14.9 Å². The van der Waals surface area contributed by atoms with Gasteiger partial charge in [0.05, 0.1) is 18.0 Å². The first-order valence-corrected chi connectivity index (χ1v) is 7.40. The molecule has 1 aliphatic heterocycles. The summed E-state index contributed by atoms with van der Waals surface area (Å²) in [5.74, 6) is 0.747. The first kappa shape index (κ1) is 19.2. The molecule has 8 heteroatoms. The third-order valence-corrected chi connectivity index (χ3v) is 3.77. The van der Waals surface area contributed by atoms with Gasteiger partial charge in [-0.3, -0.25) is 14.9 Å². The van der Waals surface area contributed by atoms with Crippen LogP contribution in [0.15, 0.2) is 24.3 Å². The highest BCUT2D eigenvalue weighted by molar-refractivity contribution is 5.85. The molecule has 128 valence electrons. The molecular weight excluding hydrogens is 322 g/mol. The van der Waals surface area contributed by atoms with E-state index in [0.29, 0.717) is 5.92 Å². The molecule has 0 bridgehead atoms. The van der Waals surface area contributed by atoms with Gasteiger partial charge in [-0.05, 0) is 32.0 Å². The molecule has 1 aliphatic rings. The number of hydrogen-bond donors (Lipinski definition) is 1. The lowest BCUT2D eigenvalue weighted by Crippen LogP contribution is -2.31. The molecule has 23 heavy (non-hydrogen) atoms. The fourth-order valence-electron chi connectivity index (χ4n) is 2.65. The van der Waals surface area contributed by atoms with Gasteiger partial charge >= 0.3 is 5.69 Å². The van der Waals surface area contributed by atoms with Crippen LogP contribution in [0.5, 0.6) is 5.75 Å². The van der Waals surface area contributed by atoms with Gasteiger partial charge in [0, 0.05) is 19.2 Å². The number of para-hydroxylation sites is 2. The molecule has 0 aliphatic carbocycles. The molecule has 1 unspecified atom stereocenters. The highest BCUT2D eigenvalue weighted by atomic mass is 35.5. The zero-order valence-electron chi connectivity index (χ0n) is 13.1. The number of rotatable bonds is 7. The predicted octanol–water partition coefficient (Wildman–Crippen LogP) is 1.85. The summed E-state index contributed by atoms with van der Waals surface area (Å²) in [6, 6.07) is 6.19. The average molecular weight is 344 g/mol. The van der Waals surface area contributed by atoms with E-state index in [1.807, 2.05) is 11.9 Å². The van der Waals surface area contributed by atoms with Gasteiger partial charge in [-0.15, -0.1) is 12.4 Å². The zero-order chi connectivity index (χ0) is 15.9. The van der Waals surface area contributed by atoms with E-state index in [0.717, 1.165) is 26.1 Å². The molecule has 7 nitrogen and oxygen atoms in total. The Balaban J connectivity index is 0.00000264. The van der Waals surface area contributed by atoms with Crippen LogP contribution in [0, 0.1) is 16.0 Å². The highest BCUT2D eigenvalue weighted by Gasteiger charge is 2.25. The maximum atomic E-state index is 12.1. The summed E-state index contributed by atoms with van der Waals surface area (Å²) in [5.41, 5.74) is -0.0785. The Bertz CT molecular complexity index is 541. The van der Waals surface area contributed by atoms with Gasteiger partial charge < -0.3 is 15.0 Å². The summed E-state index contributed by atoms with van der Waals surface area (Å²) < 4.78 is 5.40. The van der Waals surface area contributed by atoms with Crippen molar-refractivity contribution in [1.29, 1.82) is 0 Å². The largest absolute Gasteiger partial charge is 0.486 e. The van der Waals surface area contributed by atoms with Crippen molar-refractivity contribution < 1.29 is 14.5 Å². The van der Waals surface area contributed by atoms with E-state index in [4.69, 9.17) is 4.74 Å². The summed E-state index contributed by atoms with van der Waals surface area (Å²) in [5, 5.41) is 14.0. The fraction of sp³-hybridized carbons (Fsp3) is 0.533. The van der Waals surface area contributed by atoms with Crippen LogP contribution >= 0.6 is 12.4 Å². The molecule has 1 aromatic rings. The van der Waals surface area contributed by atoms with E-state index < -0.39 is 4.92 Å². The van der Waals surface area contributed by atoms with Gasteiger partial charge in [0.15, 0.2) is 5.75 Å². The van der Waals surface area contributed by atoms with Crippen LogP contribution in [0.4, 0.5) is 5.69 Å². The van der Waals surface area contributed by atoms with E-state index in [-0.39, 0.29) is 42.8 Å². The minimum Gasteiger partial charge on any atom is -0.486 e. The normalized spacial score (nSPS) is 16.7. The molecule has 1 N–H and O–H groups in total. The number of amides is 1. The van der Waals surface area contributed by atoms with Crippen LogP contribution in [0.1, 0.15) is 12.8 Å². The van der Waals surface area contributed by atoms with Crippen molar-refractivity contribution >= 4 is 24.0 Å². The van der Waals surface area contributed by atoms with Crippen LogP contribution in [0.2, 0.25) is 0 Å². The van der Waals surface area contributed by atoms with Crippen LogP contribution < -0.4 is 10.1 Å². The summed E-state index contributed by atoms with van der Waals surface area (Å²) in [6.07, 6.45) is 1.25. The third-order valence-electron chi connectivity index (χ3n) is 3.77. The number of halogens is 1. The molecule has 0 saturated carbocycles. The Morgan fingerprint density at radius 1 is 1.48 bits per heavy atom. The van der Waals surface area contributed by atoms with Gasteiger partial charge in [0.1, 0.15) is 0 Å². The summed E-state index contributed by atoms with van der Waals surface area (Å²) in [4.78, 5) is 24.3. The van der Waals surface area contributed by atoms with E-state index in [1.54, 1.807) is 18.2 Å². The topological polar surface area (TPSA) is 84.7 Å². The lowest BCUT2D eigenvalue weighted by Gasteiger charge is -2.16. The highest BCUT2D eigenvalue weighted by Crippen LogP contribution is 2.26. The predicted molar refractivity (Wildman–Crippen MR) is 89.1 cm³/mol. The average Bonchev–Trinajstić information content (AvgIpc) is 2.96. The first-order chi connectivity index (χ1) is 10.6. The van der Waals surface area contributed by atoms with Crippen molar-refractivity contribution in [2.24, 2.45) is 5.92 Å². The fourth-order valence-corrected chi connectivity index (χ4v) is 2.65. The summed E-state index contributed by atoms with van der Waals surface area (Å²) in [7, 11) is 1.91. The zero-order valence-corrected chi connectivity index (χ0v) is 13.9. The Hall–Kier alpha value is -1.86. The number of likely N-dealkylation sites (tertiary alicyclic amines) is 1. The molecule has 0 spiro atoms. The van der Waals surface area contributed by atoms with E-state index in [1.165, 1.54) is 6.07 Å². The van der Waals surface area contributed by atoms with Crippen molar-refractivity contribution in [2.75, 3.05) is 33.3 Å². The van der Waals surface area contributed by atoms with Crippen molar-refractivity contribution in [2.45, 2.75) is 12.8 Å². The SMILES string of the molecule is CNCC1CCN(C(=O)CCOc2ccccc2[N+](=O)[O-])C1.Cl. The van der Waals surface area contributed by atoms with Crippen molar-refractivity contribution in [3.05, 3.63) is 34.4 Å². The van der Waals surface area contributed by atoms with Gasteiger partial charge in [-0.1, -0.05) is 12.1 Å². The third kappa shape index (κ3) is 5.37. The summed E-state index contributed by atoms with van der Waals surface area (Å²) in [6.45, 7) is 2.61. The van der Waals surface area contributed by atoms with Gasteiger partial charge in [0.25, 0.3) is 0 Å². The second-order valence-electron chi connectivity index (χ2n) is 5.38. The van der Waals surface area contributed by atoms with Crippen molar-refractivity contribution in [1.82, 2.24) is 10.2 Å². The number of benzene rings is 1. The maximum absolute atomic E-state index is 12.1. The minimum absolute atomic E-state index is 0. The van der Waals surface area contributed by atoms with E-state index in [2.05, 4.69) is 5.32 Å². The van der Waals surface area contributed by atoms with Crippen LogP contribution in [-0.2, 0) is 4.79 Å². The lowest BCUT2D eigenvalue weighted by atomic mass is 10.1. The standard InChI is InChI=1S/C15H21N3O4.ClH/c1-16-10-12-6-8-17(11-12)15(19)7-9-22-14-5-3-2-4-13(14)18(20)21;/h2-5,12,16H,6-11H2,1H3;1H. The molecule has 1 fully saturated rings. The van der Waals surface area contributed by atoms with Gasteiger partial charge in [-0.25, -0.2) is 0 Å². The second-order valence-corrected chi connectivity index (χ2v) is 5.38. The quantitative estimate of drug-likeness (QED) is 0.603. The molecular formula is C15H22ClN3O4. The van der Waals surface area contributed by atoms with Gasteiger partial charge in [-0.2, -0.15) is 0 Å². The summed E-state index contributed by atoms with van der Waals surface area (Å²) >= 11 is 0. The maximum Gasteiger partial charge on any atom is 0.310 e. The Morgan fingerprint density at radius 3 is 2.91 bits per heavy atom. The molecule has 1 aromatic carbocycles. The molecule has 1 saturated heterocycles. The number of nitrogens with zero attached hydrogens (tertiary/aromatic N) is 2. The van der Waals surface area contributed by atoms with Crippen LogP contribution in [-0.4, -0.2) is 49.0 Å². The smallest absolute Gasteiger partial charge is 0.310 e. The number of nitro benzene ring substituents is 1. The Kier molecular flexibility index (Phi) is 7.77. The minimum atomic E-state index is -0.486. The molecule has 0 radical (unpaired) electrons. The number of carbonyl (C=O) groups is 1. The second kappa shape index (κ2) is 9.32.